The standard InChI is InChI=1S/C23H31N3O2/c1-28-22-10-6-5-9-21(22)11-13-24-14-12-23(27)26-17-15-25(16-18-26)19-20-7-3-2-4-8-20/h2-10,24H,11-19H2,1H3. The average Bonchev–Trinajstić information content (AvgIpc) is 2.75. The van der Waals surface area contributed by atoms with Crippen LogP contribution in [0.3, 0.4) is 0 Å². The normalized spacial score (nSPS) is 14.8. The number of ether oxygens (including phenoxy) is 1. The zero-order valence-electron chi connectivity index (χ0n) is 16.8. The van der Waals surface area contributed by atoms with Gasteiger partial charge in [-0.3, -0.25) is 9.69 Å². The van der Waals surface area contributed by atoms with Gasteiger partial charge in [-0.2, -0.15) is 0 Å². The van der Waals surface area contributed by atoms with Gasteiger partial charge in [0.05, 0.1) is 7.11 Å². The maximum atomic E-state index is 12.4. The Morgan fingerprint density at radius 1 is 0.964 bits per heavy atom. The Labute approximate surface area is 168 Å². The Bertz CT molecular complexity index is 728. The van der Waals surface area contributed by atoms with Crippen molar-refractivity contribution < 1.29 is 9.53 Å². The van der Waals surface area contributed by atoms with E-state index in [0.29, 0.717) is 6.42 Å². The van der Waals surface area contributed by atoms with Gasteiger partial charge in [-0.05, 0) is 30.2 Å². The predicted octanol–water partition coefficient (Wildman–Crippen LogP) is 2.56. The van der Waals surface area contributed by atoms with E-state index in [-0.39, 0.29) is 5.91 Å². The molecule has 150 valence electrons. The summed E-state index contributed by atoms with van der Waals surface area (Å²) in [6, 6.07) is 18.6. The molecule has 0 aromatic heterocycles. The largest absolute Gasteiger partial charge is 0.496 e. The summed E-state index contributed by atoms with van der Waals surface area (Å²) in [6.45, 7) is 6.08. The van der Waals surface area contributed by atoms with Crippen molar-refractivity contribution in [2.75, 3.05) is 46.4 Å². The topological polar surface area (TPSA) is 44.8 Å². The molecule has 1 heterocycles. The third-order valence-corrected chi connectivity index (χ3v) is 5.25. The molecule has 0 radical (unpaired) electrons. The highest BCUT2D eigenvalue weighted by atomic mass is 16.5. The zero-order valence-corrected chi connectivity index (χ0v) is 16.8. The number of piperazine rings is 1. The van der Waals surface area contributed by atoms with Gasteiger partial charge in [0.1, 0.15) is 5.75 Å². The second-order valence-electron chi connectivity index (χ2n) is 7.20. The molecule has 1 N–H and O–H groups in total. The molecule has 5 nitrogen and oxygen atoms in total. The molecule has 1 aliphatic heterocycles. The molecule has 0 bridgehead atoms. The van der Waals surface area contributed by atoms with Gasteiger partial charge in [0, 0.05) is 45.7 Å². The molecule has 1 amide bonds. The summed E-state index contributed by atoms with van der Waals surface area (Å²) in [4.78, 5) is 16.9. The predicted molar refractivity (Wildman–Crippen MR) is 112 cm³/mol. The van der Waals surface area contributed by atoms with E-state index in [1.165, 1.54) is 11.1 Å². The molecule has 5 heteroatoms. The van der Waals surface area contributed by atoms with Crippen molar-refractivity contribution in [3.05, 3.63) is 65.7 Å². The van der Waals surface area contributed by atoms with Crippen LogP contribution in [0.4, 0.5) is 0 Å². The van der Waals surface area contributed by atoms with Crippen molar-refractivity contribution in [1.29, 1.82) is 0 Å². The van der Waals surface area contributed by atoms with Gasteiger partial charge >= 0.3 is 0 Å². The van der Waals surface area contributed by atoms with E-state index in [4.69, 9.17) is 4.74 Å². The van der Waals surface area contributed by atoms with Crippen LogP contribution in [0.2, 0.25) is 0 Å². The lowest BCUT2D eigenvalue weighted by Gasteiger charge is -2.34. The van der Waals surface area contributed by atoms with E-state index in [2.05, 4.69) is 40.5 Å². The second-order valence-corrected chi connectivity index (χ2v) is 7.20. The summed E-state index contributed by atoms with van der Waals surface area (Å²) in [5.74, 6) is 1.18. The molecule has 3 rings (SSSR count). The second kappa shape index (κ2) is 10.8. The Hall–Kier alpha value is -2.37. The molecular formula is C23H31N3O2. The average molecular weight is 382 g/mol. The number of hydrogen-bond acceptors (Lipinski definition) is 4. The van der Waals surface area contributed by atoms with Crippen LogP contribution in [0.15, 0.2) is 54.6 Å². The number of methoxy groups -OCH3 is 1. The highest BCUT2D eigenvalue weighted by molar-refractivity contribution is 5.76. The van der Waals surface area contributed by atoms with Crippen LogP contribution in [-0.2, 0) is 17.8 Å². The van der Waals surface area contributed by atoms with E-state index >= 15 is 0 Å². The summed E-state index contributed by atoms with van der Waals surface area (Å²) in [6.07, 6.45) is 1.46. The first kappa shape index (κ1) is 20.4. The molecular weight excluding hydrogens is 350 g/mol. The maximum absolute atomic E-state index is 12.4. The van der Waals surface area contributed by atoms with Crippen molar-refractivity contribution in [1.82, 2.24) is 15.1 Å². The molecule has 1 saturated heterocycles. The van der Waals surface area contributed by atoms with Gasteiger partial charge in [-0.25, -0.2) is 0 Å². The third-order valence-electron chi connectivity index (χ3n) is 5.25. The van der Waals surface area contributed by atoms with Crippen molar-refractivity contribution in [2.45, 2.75) is 19.4 Å². The van der Waals surface area contributed by atoms with Gasteiger partial charge in [-0.15, -0.1) is 0 Å². The molecule has 0 spiro atoms. The minimum atomic E-state index is 0.254. The highest BCUT2D eigenvalue weighted by Crippen LogP contribution is 2.17. The first-order valence-electron chi connectivity index (χ1n) is 10.1. The molecule has 0 aliphatic carbocycles. The van der Waals surface area contributed by atoms with E-state index < -0.39 is 0 Å². The Morgan fingerprint density at radius 3 is 2.43 bits per heavy atom. The van der Waals surface area contributed by atoms with Gasteiger partial charge in [0.25, 0.3) is 0 Å². The highest BCUT2D eigenvalue weighted by Gasteiger charge is 2.20. The molecule has 1 aliphatic rings. The van der Waals surface area contributed by atoms with Crippen LogP contribution in [0, 0.1) is 0 Å². The fourth-order valence-electron chi connectivity index (χ4n) is 3.61. The molecule has 2 aromatic carbocycles. The van der Waals surface area contributed by atoms with E-state index in [1.807, 2.05) is 29.2 Å². The van der Waals surface area contributed by atoms with Crippen LogP contribution < -0.4 is 10.1 Å². The molecule has 28 heavy (non-hydrogen) atoms. The molecule has 0 unspecified atom stereocenters. The quantitative estimate of drug-likeness (QED) is 0.678. The number of nitrogens with zero attached hydrogens (tertiary/aromatic N) is 2. The first-order valence-corrected chi connectivity index (χ1v) is 10.1. The first-order chi connectivity index (χ1) is 13.8. The van der Waals surface area contributed by atoms with Gasteiger partial charge in [0.2, 0.25) is 5.91 Å². The zero-order chi connectivity index (χ0) is 19.6. The molecule has 2 aromatic rings. The molecule has 0 atom stereocenters. The van der Waals surface area contributed by atoms with Crippen molar-refractivity contribution in [2.24, 2.45) is 0 Å². The fourth-order valence-corrected chi connectivity index (χ4v) is 3.61. The van der Waals surface area contributed by atoms with Gasteiger partial charge < -0.3 is 15.0 Å². The summed E-state index contributed by atoms with van der Waals surface area (Å²) >= 11 is 0. The van der Waals surface area contributed by atoms with Gasteiger partial charge in [0.15, 0.2) is 0 Å². The minimum Gasteiger partial charge on any atom is -0.496 e. The van der Waals surface area contributed by atoms with Crippen molar-refractivity contribution in [3.63, 3.8) is 0 Å². The maximum Gasteiger partial charge on any atom is 0.223 e. The van der Waals surface area contributed by atoms with Crippen LogP contribution in [0.1, 0.15) is 17.5 Å². The van der Waals surface area contributed by atoms with E-state index in [0.717, 1.165) is 58.0 Å². The number of carbonyl (C=O) groups excluding carboxylic acids is 1. The van der Waals surface area contributed by atoms with Crippen LogP contribution in [-0.4, -0.2) is 62.1 Å². The fraction of sp³-hybridized carbons (Fsp3) is 0.435. The Balaban J connectivity index is 1.30. The summed E-state index contributed by atoms with van der Waals surface area (Å²) in [5, 5.41) is 3.38. The van der Waals surface area contributed by atoms with Crippen molar-refractivity contribution >= 4 is 5.91 Å². The lowest BCUT2D eigenvalue weighted by molar-refractivity contribution is -0.132. The van der Waals surface area contributed by atoms with Gasteiger partial charge in [-0.1, -0.05) is 48.5 Å². The number of benzene rings is 2. The Morgan fingerprint density at radius 2 is 1.68 bits per heavy atom. The number of hydrogen-bond donors (Lipinski definition) is 1. The summed E-state index contributed by atoms with van der Waals surface area (Å²) in [5.41, 5.74) is 2.53. The number of para-hydroxylation sites is 1. The van der Waals surface area contributed by atoms with E-state index in [9.17, 15) is 4.79 Å². The number of rotatable bonds is 9. The number of nitrogens with one attached hydrogen (secondary N) is 1. The van der Waals surface area contributed by atoms with Crippen LogP contribution in [0.25, 0.3) is 0 Å². The number of amides is 1. The molecule has 0 saturated carbocycles. The summed E-state index contributed by atoms with van der Waals surface area (Å²) < 4.78 is 5.37. The smallest absolute Gasteiger partial charge is 0.223 e. The SMILES string of the molecule is COc1ccccc1CCNCCC(=O)N1CCN(Cc2ccccc2)CC1. The van der Waals surface area contributed by atoms with E-state index in [1.54, 1.807) is 7.11 Å². The van der Waals surface area contributed by atoms with Crippen molar-refractivity contribution in [3.8, 4) is 5.75 Å². The number of carbonyl (C=O) groups is 1. The Kier molecular flexibility index (Phi) is 7.88. The minimum absolute atomic E-state index is 0.254. The lowest BCUT2D eigenvalue weighted by atomic mass is 10.1. The monoisotopic (exact) mass is 381 g/mol. The lowest BCUT2D eigenvalue weighted by Crippen LogP contribution is -2.48. The van der Waals surface area contributed by atoms with Crippen LogP contribution >= 0.6 is 0 Å². The van der Waals surface area contributed by atoms with Crippen LogP contribution in [0.5, 0.6) is 5.75 Å². The summed E-state index contributed by atoms with van der Waals surface area (Å²) in [7, 11) is 1.70. The third kappa shape index (κ3) is 6.08. The molecule has 1 fully saturated rings.